The highest BCUT2D eigenvalue weighted by Crippen LogP contribution is 2.12. The summed E-state index contributed by atoms with van der Waals surface area (Å²) in [7, 11) is 2.08. The Balaban J connectivity index is 2.33. The first-order chi connectivity index (χ1) is 9.40. The fourth-order valence-corrected chi connectivity index (χ4v) is 1.92. The molecule has 0 aliphatic heterocycles. The first kappa shape index (κ1) is 16.6. The van der Waals surface area contributed by atoms with E-state index in [9.17, 15) is 10.1 Å². The fourth-order valence-electron chi connectivity index (χ4n) is 1.92. The van der Waals surface area contributed by atoms with Crippen molar-refractivity contribution in [3.63, 3.8) is 0 Å². The van der Waals surface area contributed by atoms with Gasteiger partial charge in [-0.05, 0) is 37.9 Å². The molecular formula is C15H25N3O2. The molecule has 0 amide bonds. The Bertz CT molecular complexity index is 418. The summed E-state index contributed by atoms with van der Waals surface area (Å²) in [6.45, 7) is 6.19. The van der Waals surface area contributed by atoms with Gasteiger partial charge in [-0.2, -0.15) is 0 Å². The number of likely N-dealkylation sites (N-methyl/N-ethyl adjacent to an activating group) is 1. The lowest BCUT2D eigenvalue weighted by atomic mass is 10.0. The molecule has 0 aromatic heterocycles. The van der Waals surface area contributed by atoms with E-state index >= 15 is 0 Å². The monoisotopic (exact) mass is 279 g/mol. The highest BCUT2D eigenvalue weighted by Gasteiger charge is 2.09. The molecule has 1 atom stereocenters. The Morgan fingerprint density at radius 1 is 1.25 bits per heavy atom. The molecule has 20 heavy (non-hydrogen) atoms. The number of hydrogen-bond acceptors (Lipinski definition) is 4. The van der Waals surface area contributed by atoms with E-state index in [1.54, 1.807) is 12.1 Å². The van der Waals surface area contributed by atoms with Crippen molar-refractivity contribution in [2.24, 2.45) is 11.7 Å². The van der Waals surface area contributed by atoms with Crippen molar-refractivity contribution in [2.45, 2.75) is 32.7 Å². The van der Waals surface area contributed by atoms with Gasteiger partial charge in [-0.1, -0.05) is 26.0 Å². The summed E-state index contributed by atoms with van der Waals surface area (Å²) in [5, 5.41) is 10.6. The fraction of sp³-hybridized carbons (Fsp3) is 0.600. The molecule has 0 radical (unpaired) electrons. The Hall–Kier alpha value is -1.46. The standard InChI is InChI=1S/C15H25N3O2/c1-12(2)15(16)9-11-17(3)10-8-13-4-6-14(7-5-13)18(19)20/h4-7,12,15H,8-11,16H2,1-3H3. The highest BCUT2D eigenvalue weighted by atomic mass is 16.6. The second-order valence-electron chi connectivity index (χ2n) is 5.67. The molecule has 0 aliphatic rings. The van der Waals surface area contributed by atoms with E-state index in [1.807, 2.05) is 12.1 Å². The van der Waals surface area contributed by atoms with Gasteiger partial charge in [0.05, 0.1) is 4.92 Å². The number of nitrogens with two attached hydrogens (primary N) is 1. The average Bonchev–Trinajstić information content (AvgIpc) is 2.42. The van der Waals surface area contributed by atoms with Gasteiger partial charge < -0.3 is 10.6 Å². The molecule has 1 aromatic rings. The van der Waals surface area contributed by atoms with Crippen LogP contribution in [0.2, 0.25) is 0 Å². The maximum atomic E-state index is 10.6. The van der Waals surface area contributed by atoms with Crippen molar-refractivity contribution < 1.29 is 4.92 Å². The lowest BCUT2D eigenvalue weighted by Crippen LogP contribution is -2.32. The van der Waals surface area contributed by atoms with Crippen LogP contribution in [-0.2, 0) is 6.42 Å². The number of nitrogens with zero attached hydrogens (tertiary/aromatic N) is 2. The molecule has 2 N–H and O–H groups in total. The molecule has 0 spiro atoms. The normalized spacial score (nSPS) is 12.9. The third-order valence-corrected chi connectivity index (χ3v) is 3.63. The number of non-ortho nitro benzene ring substituents is 1. The van der Waals surface area contributed by atoms with Crippen LogP contribution >= 0.6 is 0 Å². The van der Waals surface area contributed by atoms with Crippen LogP contribution in [-0.4, -0.2) is 36.0 Å². The molecule has 0 saturated carbocycles. The lowest BCUT2D eigenvalue weighted by molar-refractivity contribution is -0.384. The Kier molecular flexibility index (Phi) is 6.61. The van der Waals surface area contributed by atoms with Crippen molar-refractivity contribution in [2.75, 3.05) is 20.1 Å². The molecule has 0 aliphatic carbocycles. The van der Waals surface area contributed by atoms with Crippen molar-refractivity contribution in [3.8, 4) is 0 Å². The minimum atomic E-state index is -0.372. The smallest absolute Gasteiger partial charge is 0.269 e. The second kappa shape index (κ2) is 7.97. The zero-order valence-corrected chi connectivity index (χ0v) is 12.6. The van der Waals surface area contributed by atoms with Gasteiger partial charge >= 0.3 is 0 Å². The molecule has 0 bridgehead atoms. The van der Waals surface area contributed by atoms with Crippen LogP contribution in [0.4, 0.5) is 5.69 Å². The van der Waals surface area contributed by atoms with Gasteiger partial charge in [0.15, 0.2) is 0 Å². The first-order valence-electron chi connectivity index (χ1n) is 7.07. The van der Waals surface area contributed by atoms with Crippen molar-refractivity contribution in [1.29, 1.82) is 0 Å². The minimum absolute atomic E-state index is 0.144. The van der Waals surface area contributed by atoms with E-state index in [-0.39, 0.29) is 16.7 Å². The second-order valence-corrected chi connectivity index (χ2v) is 5.67. The van der Waals surface area contributed by atoms with Crippen LogP contribution in [0, 0.1) is 16.0 Å². The van der Waals surface area contributed by atoms with Gasteiger partial charge in [-0.3, -0.25) is 10.1 Å². The Morgan fingerprint density at radius 2 is 1.85 bits per heavy atom. The van der Waals surface area contributed by atoms with Gasteiger partial charge in [0.25, 0.3) is 5.69 Å². The van der Waals surface area contributed by atoms with Crippen LogP contribution in [0.1, 0.15) is 25.8 Å². The van der Waals surface area contributed by atoms with E-state index in [2.05, 4.69) is 25.8 Å². The van der Waals surface area contributed by atoms with E-state index < -0.39 is 0 Å². The Labute approximate surface area is 120 Å². The van der Waals surface area contributed by atoms with E-state index in [0.717, 1.165) is 31.5 Å². The maximum Gasteiger partial charge on any atom is 0.269 e. The summed E-state index contributed by atoms with van der Waals surface area (Å²) >= 11 is 0. The number of hydrogen-bond donors (Lipinski definition) is 1. The minimum Gasteiger partial charge on any atom is -0.327 e. The van der Waals surface area contributed by atoms with Crippen LogP contribution in [0.15, 0.2) is 24.3 Å². The number of nitro benzene ring substituents is 1. The van der Waals surface area contributed by atoms with Crippen LogP contribution in [0.3, 0.4) is 0 Å². The summed E-state index contributed by atoms with van der Waals surface area (Å²) in [6, 6.07) is 7.02. The highest BCUT2D eigenvalue weighted by molar-refractivity contribution is 5.32. The quantitative estimate of drug-likeness (QED) is 0.586. The largest absolute Gasteiger partial charge is 0.327 e. The maximum absolute atomic E-state index is 10.6. The number of benzene rings is 1. The van der Waals surface area contributed by atoms with Crippen LogP contribution in [0.5, 0.6) is 0 Å². The predicted octanol–water partition coefficient (Wildman–Crippen LogP) is 2.44. The van der Waals surface area contributed by atoms with Gasteiger partial charge in [-0.25, -0.2) is 0 Å². The van der Waals surface area contributed by atoms with Crippen molar-refractivity contribution in [3.05, 3.63) is 39.9 Å². The molecule has 1 rings (SSSR count). The summed E-state index contributed by atoms with van der Waals surface area (Å²) in [5.74, 6) is 0.512. The van der Waals surface area contributed by atoms with Gasteiger partial charge in [-0.15, -0.1) is 0 Å². The predicted molar refractivity (Wildman–Crippen MR) is 81.7 cm³/mol. The number of rotatable bonds is 8. The lowest BCUT2D eigenvalue weighted by Gasteiger charge is -2.21. The molecule has 0 fully saturated rings. The van der Waals surface area contributed by atoms with Gasteiger partial charge in [0.2, 0.25) is 0 Å². The Morgan fingerprint density at radius 3 is 2.35 bits per heavy atom. The molecule has 5 nitrogen and oxygen atoms in total. The first-order valence-corrected chi connectivity index (χ1v) is 7.07. The molecule has 5 heteroatoms. The van der Waals surface area contributed by atoms with E-state index in [1.165, 1.54) is 0 Å². The van der Waals surface area contributed by atoms with E-state index in [0.29, 0.717) is 5.92 Å². The van der Waals surface area contributed by atoms with Crippen molar-refractivity contribution in [1.82, 2.24) is 4.90 Å². The van der Waals surface area contributed by atoms with Crippen LogP contribution in [0.25, 0.3) is 0 Å². The third kappa shape index (κ3) is 5.67. The molecular weight excluding hydrogens is 254 g/mol. The summed E-state index contributed by atoms with van der Waals surface area (Å²) in [6.07, 6.45) is 1.89. The average molecular weight is 279 g/mol. The third-order valence-electron chi connectivity index (χ3n) is 3.63. The van der Waals surface area contributed by atoms with Crippen molar-refractivity contribution >= 4 is 5.69 Å². The molecule has 0 heterocycles. The zero-order chi connectivity index (χ0) is 15.1. The summed E-state index contributed by atoms with van der Waals surface area (Å²) < 4.78 is 0. The van der Waals surface area contributed by atoms with Crippen LogP contribution < -0.4 is 5.73 Å². The molecule has 112 valence electrons. The van der Waals surface area contributed by atoms with Gasteiger partial charge in [0.1, 0.15) is 0 Å². The summed E-state index contributed by atoms with van der Waals surface area (Å²) in [5.41, 5.74) is 7.29. The zero-order valence-electron chi connectivity index (χ0n) is 12.6. The number of nitro groups is 1. The molecule has 1 aromatic carbocycles. The summed E-state index contributed by atoms with van der Waals surface area (Å²) in [4.78, 5) is 12.4. The topological polar surface area (TPSA) is 72.4 Å². The van der Waals surface area contributed by atoms with E-state index in [4.69, 9.17) is 5.73 Å². The molecule has 0 saturated heterocycles. The molecule has 1 unspecified atom stereocenters. The van der Waals surface area contributed by atoms with Gasteiger partial charge in [0, 0.05) is 24.7 Å². The SMILES string of the molecule is CC(C)C(N)CCN(C)CCc1ccc([N+](=O)[O-])cc1.